The highest BCUT2D eigenvalue weighted by Gasteiger charge is 2.57. The number of rotatable bonds is 18. The third-order valence-electron chi connectivity index (χ3n) is 6.93. The highest BCUT2D eigenvalue weighted by Crippen LogP contribution is 2.46. The lowest BCUT2D eigenvalue weighted by atomic mass is 9.92. The SMILES string of the molecule is CCCCCCCCCCCOCCOP(=O)(O)OC[C@H]1O[C@@](C#N)(c2ccc3c(C)ncnn23)[C@H](O)[C@@H]1O. The summed E-state index contributed by atoms with van der Waals surface area (Å²) in [5, 5.41) is 35.4. The second-order valence-electron chi connectivity index (χ2n) is 9.84. The molecule has 39 heavy (non-hydrogen) atoms. The Labute approximate surface area is 229 Å². The molecule has 1 fully saturated rings. The zero-order chi connectivity index (χ0) is 28.3. The van der Waals surface area contributed by atoms with Crippen molar-refractivity contribution in [3.05, 3.63) is 29.8 Å². The van der Waals surface area contributed by atoms with E-state index in [0.717, 1.165) is 12.8 Å². The third kappa shape index (κ3) is 8.28. The summed E-state index contributed by atoms with van der Waals surface area (Å²) in [4.78, 5) is 14.1. The van der Waals surface area contributed by atoms with Gasteiger partial charge in [-0.3, -0.25) is 9.05 Å². The molecular weight excluding hydrogens is 527 g/mol. The predicted octanol–water partition coefficient (Wildman–Crippen LogP) is 3.56. The number of hydrogen-bond acceptors (Lipinski definition) is 10. The molecule has 13 heteroatoms. The molecule has 1 saturated heterocycles. The molecule has 0 aliphatic carbocycles. The van der Waals surface area contributed by atoms with E-state index in [1.54, 1.807) is 19.1 Å². The fraction of sp³-hybridized carbons (Fsp3) is 0.731. The summed E-state index contributed by atoms with van der Waals surface area (Å²) in [6.07, 6.45) is 7.66. The first-order chi connectivity index (χ1) is 18.8. The average molecular weight is 569 g/mol. The Morgan fingerprint density at radius 2 is 1.77 bits per heavy atom. The molecule has 3 N–H and O–H groups in total. The summed E-state index contributed by atoms with van der Waals surface area (Å²) in [5.41, 5.74) is -0.551. The molecule has 12 nitrogen and oxygen atoms in total. The summed E-state index contributed by atoms with van der Waals surface area (Å²) in [6, 6.07) is 5.15. The number of aliphatic hydroxyl groups is 2. The maximum atomic E-state index is 12.3. The number of fused-ring (bicyclic) bond motifs is 1. The van der Waals surface area contributed by atoms with Crippen LogP contribution in [-0.4, -0.2) is 74.4 Å². The number of hydrogen-bond donors (Lipinski definition) is 3. The van der Waals surface area contributed by atoms with Gasteiger partial charge in [-0.25, -0.2) is 14.1 Å². The Morgan fingerprint density at radius 1 is 1.08 bits per heavy atom. The van der Waals surface area contributed by atoms with Gasteiger partial charge >= 0.3 is 7.82 Å². The van der Waals surface area contributed by atoms with Crippen LogP contribution in [0.3, 0.4) is 0 Å². The van der Waals surface area contributed by atoms with Crippen LogP contribution in [-0.2, 0) is 28.7 Å². The summed E-state index contributed by atoms with van der Waals surface area (Å²) < 4.78 is 34.9. The van der Waals surface area contributed by atoms with Crippen molar-refractivity contribution in [2.75, 3.05) is 26.4 Å². The first-order valence-electron chi connectivity index (χ1n) is 13.7. The van der Waals surface area contributed by atoms with E-state index in [4.69, 9.17) is 18.5 Å². The van der Waals surface area contributed by atoms with Crippen molar-refractivity contribution in [3.8, 4) is 6.07 Å². The normalized spacial score (nSPS) is 24.7. The van der Waals surface area contributed by atoms with Crippen LogP contribution in [0.5, 0.6) is 0 Å². The molecule has 1 unspecified atom stereocenters. The molecule has 5 atom stereocenters. The van der Waals surface area contributed by atoms with Crippen LogP contribution < -0.4 is 0 Å². The first-order valence-corrected chi connectivity index (χ1v) is 15.2. The molecule has 0 bridgehead atoms. The van der Waals surface area contributed by atoms with Gasteiger partial charge in [0.25, 0.3) is 0 Å². The fourth-order valence-corrected chi connectivity index (χ4v) is 5.40. The van der Waals surface area contributed by atoms with Crippen molar-refractivity contribution >= 4 is 13.3 Å². The summed E-state index contributed by atoms with van der Waals surface area (Å²) in [5.74, 6) is 0. The minimum Gasteiger partial charge on any atom is -0.387 e. The van der Waals surface area contributed by atoms with Crippen molar-refractivity contribution in [2.45, 2.75) is 95.5 Å². The van der Waals surface area contributed by atoms with Crippen LogP contribution in [0.1, 0.15) is 76.1 Å². The quantitative estimate of drug-likeness (QED) is 0.178. The molecule has 1 aliphatic heterocycles. The van der Waals surface area contributed by atoms with Crippen LogP contribution in [0, 0.1) is 18.3 Å². The zero-order valence-corrected chi connectivity index (χ0v) is 23.7. The summed E-state index contributed by atoms with van der Waals surface area (Å²) in [7, 11) is -4.49. The van der Waals surface area contributed by atoms with E-state index in [-0.39, 0.29) is 18.9 Å². The van der Waals surface area contributed by atoms with E-state index in [2.05, 4.69) is 17.0 Å². The number of nitrogens with zero attached hydrogens (tertiary/aromatic N) is 4. The van der Waals surface area contributed by atoms with E-state index < -0.39 is 38.3 Å². The number of ether oxygens (including phenoxy) is 2. The van der Waals surface area contributed by atoms with Gasteiger partial charge in [0, 0.05) is 6.61 Å². The molecule has 3 rings (SSSR count). The third-order valence-corrected chi connectivity index (χ3v) is 7.91. The van der Waals surface area contributed by atoms with Crippen molar-refractivity contribution < 1.29 is 38.2 Å². The lowest BCUT2D eigenvalue weighted by Crippen LogP contribution is -2.41. The van der Waals surface area contributed by atoms with E-state index in [0.29, 0.717) is 17.8 Å². The highest BCUT2D eigenvalue weighted by molar-refractivity contribution is 7.47. The van der Waals surface area contributed by atoms with Gasteiger partial charge in [0.1, 0.15) is 30.7 Å². The Morgan fingerprint density at radius 3 is 2.46 bits per heavy atom. The summed E-state index contributed by atoms with van der Waals surface area (Å²) in [6.45, 7) is 3.91. The average Bonchev–Trinajstić information content (AvgIpc) is 3.46. The molecule has 0 spiro atoms. The predicted molar refractivity (Wildman–Crippen MR) is 142 cm³/mol. The van der Waals surface area contributed by atoms with Crippen LogP contribution in [0.25, 0.3) is 5.52 Å². The molecule has 1 aliphatic rings. The lowest BCUT2D eigenvalue weighted by Gasteiger charge is -2.24. The highest BCUT2D eigenvalue weighted by atomic mass is 31.2. The van der Waals surface area contributed by atoms with Crippen LogP contribution in [0.4, 0.5) is 0 Å². The second-order valence-corrected chi connectivity index (χ2v) is 11.3. The van der Waals surface area contributed by atoms with Gasteiger partial charge in [0.05, 0.1) is 36.7 Å². The van der Waals surface area contributed by atoms with E-state index in [9.17, 15) is 24.9 Å². The smallest absolute Gasteiger partial charge is 0.387 e. The maximum Gasteiger partial charge on any atom is 0.472 e. The molecule has 2 aromatic rings. The van der Waals surface area contributed by atoms with Gasteiger partial charge in [0.2, 0.25) is 5.60 Å². The Kier molecular flexibility index (Phi) is 12.3. The number of aryl methyl sites for hydroxylation is 1. The molecule has 3 heterocycles. The number of phosphoric acid groups is 1. The molecule has 218 valence electrons. The Hall–Kier alpha value is -1.94. The lowest BCUT2D eigenvalue weighted by molar-refractivity contribution is -0.0646. The van der Waals surface area contributed by atoms with Crippen molar-refractivity contribution in [1.29, 1.82) is 5.26 Å². The molecule has 2 aromatic heterocycles. The van der Waals surface area contributed by atoms with Gasteiger partial charge in [-0.05, 0) is 25.5 Å². The Bertz CT molecular complexity index is 1130. The minimum atomic E-state index is -4.49. The molecule has 0 radical (unpaired) electrons. The maximum absolute atomic E-state index is 12.3. The number of unbranched alkanes of at least 4 members (excludes halogenated alkanes) is 8. The minimum absolute atomic E-state index is 0.131. The van der Waals surface area contributed by atoms with E-state index in [1.165, 1.54) is 55.8 Å². The number of nitriles is 1. The molecular formula is C26H41N4O8P. The molecule has 0 aromatic carbocycles. The standard InChI is InChI=1S/C26H41N4O8P/c1-3-4-5-6-7-8-9-10-11-14-35-15-16-36-39(33,34)37-17-22-24(31)25(32)26(18-27,38-22)23-13-12-21-20(2)28-19-29-30(21)23/h12-13,19,22,24-25,31-32H,3-11,14-17H2,1-2H3,(H,33,34)/t22-,24-,25-,26+/m1/s1. The molecule has 0 saturated carbocycles. The number of aliphatic hydroxyl groups excluding tert-OH is 2. The first kappa shape index (κ1) is 31.6. The number of aromatic nitrogens is 3. The van der Waals surface area contributed by atoms with Crippen LogP contribution in [0.15, 0.2) is 18.5 Å². The Balaban J connectivity index is 1.39. The van der Waals surface area contributed by atoms with Crippen molar-refractivity contribution in [2.24, 2.45) is 0 Å². The van der Waals surface area contributed by atoms with Crippen LogP contribution in [0.2, 0.25) is 0 Å². The molecule has 0 amide bonds. The largest absolute Gasteiger partial charge is 0.472 e. The van der Waals surface area contributed by atoms with Gasteiger partial charge in [-0.2, -0.15) is 10.4 Å². The topological polar surface area (TPSA) is 169 Å². The van der Waals surface area contributed by atoms with Gasteiger partial charge in [-0.15, -0.1) is 0 Å². The number of phosphoric ester groups is 1. The van der Waals surface area contributed by atoms with E-state index in [1.807, 2.05) is 6.07 Å². The zero-order valence-electron chi connectivity index (χ0n) is 22.8. The van der Waals surface area contributed by atoms with Crippen LogP contribution >= 0.6 is 7.82 Å². The fourth-order valence-electron chi connectivity index (χ4n) is 4.69. The van der Waals surface area contributed by atoms with E-state index >= 15 is 0 Å². The van der Waals surface area contributed by atoms with Crippen molar-refractivity contribution in [3.63, 3.8) is 0 Å². The monoisotopic (exact) mass is 568 g/mol. The van der Waals surface area contributed by atoms with Gasteiger partial charge < -0.3 is 24.6 Å². The van der Waals surface area contributed by atoms with Gasteiger partial charge in [0.15, 0.2) is 0 Å². The van der Waals surface area contributed by atoms with Gasteiger partial charge in [-0.1, -0.05) is 58.3 Å². The summed E-state index contributed by atoms with van der Waals surface area (Å²) >= 11 is 0. The second kappa shape index (κ2) is 15.2. The van der Waals surface area contributed by atoms with Crippen molar-refractivity contribution in [1.82, 2.24) is 14.6 Å².